The Hall–Kier alpha value is -2.14. The monoisotopic (exact) mass is 296 g/mol. The molecule has 2 rings (SSSR count). The van der Waals surface area contributed by atoms with Crippen LogP contribution >= 0.6 is 11.6 Å². The number of carbonyl (C=O) groups excluding carboxylic acids is 1. The van der Waals surface area contributed by atoms with Gasteiger partial charge in [-0.3, -0.25) is 4.79 Å². The molecule has 2 aromatic carbocycles. The lowest BCUT2D eigenvalue weighted by Crippen LogP contribution is -2.17. The zero-order valence-electron chi connectivity index (χ0n) is 10.5. The molecule has 0 heterocycles. The van der Waals surface area contributed by atoms with Gasteiger partial charge in [-0.15, -0.1) is 0 Å². The van der Waals surface area contributed by atoms with E-state index in [1.807, 2.05) is 6.92 Å². The fraction of sp³-hybridized carbons (Fsp3) is 0.0714. The standard InChI is InChI=1S/C14H11ClF2N2O/c1-7-2-5-11(8(15)6-7)19-14(20)12-9(16)3-4-10(18)13(12)17/h2-6H,18H2,1H3,(H,19,20). The van der Waals surface area contributed by atoms with Crippen LogP contribution in [-0.4, -0.2) is 5.91 Å². The first kappa shape index (κ1) is 14.3. The van der Waals surface area contributed by atoms with Crippen LogP contribution in [0.3, 0.4) is 0 Å². The minimum atomic E-state index is -1.09. The van der Waals surface area contributed by atoms with Gasteiger partial charge in [0, 0.05) is 0 Å². The normalized spacial score (nSPS) is 10.4. The molecule has 0 spiro atoms. The van der Waals surface area contributed by atoms with E-state index in [1.54, 1.807) is 18.2 Å². The summed E-state index contributed by atoms with van der Waals surface area (Å²) in [6.45, 7) is 1.83. The lowest BCUT2D eigenvalue weighted by Gasteiger charge is -2.10. The van der Waals surface area contributed by atoms with Crippen LogP contribution < -0.4 is 11.1 Å². The maximum Gasteiger partial charge on any atom is 0.261 e. The molecule has 3 N–H and O–H groups in total. The minimum absolute atomic E-state index is 0.267. The average Bonchev–Trinajstić information content (AvgIpc) is 2.38. The number of rotatable bonds is 2. The highest BCUT2D eigenvalue weighted by Gasteiger charge is 2.20. The first-order chi connectivity index (χ1) is 9.40. The van der Waals surface area contributed by atoms with Crippen molar-refractivity contribution in [3.63, 3.8) is 0 Å². The molecular formula is C14H11ClF2N2O. The first-order valence-corrected chi connectivity index (χ1v) is 6.09. The van der Waals surface area contributed by atoms with Crippen LogP contribution in [0.1, 0.15) is 15.9 Å². The summed E-state index contributed by atoms with van der Waals surface area (Å²) in [5.74, 6) is -3.03. The molecule has 104 valence electrons. The van der Waals surface area contributed by atoms with Crippen molar-refractivity contribution in [3.05, 3.63) is 58.1 Å². The number of nitrogen functional groups attached to an aromatic ring is 1. The largest absolute Gasteiger partial charge is 0.396 e. The van der Waals surface area contributed by atoms with Crippen molar-refractivity contribution in [2.24, 2.45) is 0 Å². The summed E-state index contributed by atoms with van der Waals surface area (Å²) >= 11 is 5.94. The molecule has 0 bridgehead atoms. The van der Waals surface area contributed by atoms with Crippen LogP contribution in [-0.2, 0) is 0 Å². The first-order valence-electron chi connectivity index (χ1n) is 5.71. The number of nitrogens with two attached hydrogens (primary N) is 1. The molecule has 0 aromatic heterocycles. The summed E-state index contributed by atoms with van der Waals surface area (Å²) in [6, 6.07) is 6.89. The van der Waals surface area contributed by atoms with Gasteiger partial charge in [-0.1, -0.05) is 17.7 Å². The fourth-order valence-corrected chi connectivity index (χ4v) is 1.97. The highest BCUT2D eigenvalue weighted by atomic mass is 35.5. The second-order valence-corrected chi connectivity index (χ2v) is 4.67. The molecule has 2 aromatic rings. The zero-order valence-corrected chi connectivity index (χ0v) is 11.3. The van der Waals surface area contributed by atoms with Gasteiger partial charge in [0.15, 0.2) is 5.82 Å². The Morgan fingerprint density at radius 3 is 2.60 bits per heavy atom. The Labute approximate surface area is 119 Å². The molecule has 0 atom stereocenters. The van der Waals surface area contributed by atoms with Crippen molar-refractivity contribution in [2.75, 3.05) is 11.1 Å². The molecule has 3 nitrogen and oxygen atoms in total. The third-order valence-corrected chi connectivity index (χ3v) is 3.03. The SMILES string of the molecule is Cc1ccc(NC(=O)c2c(F)ccc(N)c2F)c(Cl)c1. The van der Waals surface area contributed by atoms with Gasteiger partial charge in [0.1, 0.15) is 11.4 Å². The number of aryl methyl sites for hydroxylation is 1. The number of hydrogen-bond acceptors (Lipinski definition) is 2. The molecular weight excluding hydrogens is 286 g/mol. The van der Waals surface area contributed by atoms with Crippen molar-refractivity contribution < 1.29 is 13.6 Å². The smallest absolute Gasteiger partial charge is 0.261 e. The molecule has 20 heavy (non-hydrogen) atoms. The Balaban J connectivity index is 2.36. The molecule has 0 aliphatic rings. The van der Waals surface area contributed by atoms with Crippen LogP contribution in [0.2, 0.25) is 5.02 Å². The van der Waals surface area contributed by atoms with E-state index in [9.17, 15) is 13.6 Å². The summed E-state index contributed by atoms with van der Waals surface area (Å²) in [5.41, 5.74) is 5.45. The Kier molecular flexibility index (Phi) is 3.90. The summed E-state index contributed by atoms with van der Waals surface area (Å²) in [5, 5.41) is 2.64. The number of hydrogen-bond donors (Lipinski definition) is 2. The molecule has 0 unspecified atom stereocenters. The number of halogens is 3. The molecule has 0 aliphatic carbocycles. The maximum atomic E-state index is 13.7. The Morgan fingerprint density at radius 1 is 1.25 bits per heavy atom. The van der Waals surface area contributed by atoms with E-state index in [0.29, 0.717) is 0 Å². The van der Waals surface area contributed by atoms with Crippen molar-refractivity contribution >= 4 is 28.9 Å². The van der Waals surface area contributed by atoms with Crippen LogP contribution in [0.25, 0.3) is 0 Å². The van der Waals surface area contributed by atoms with Crippen molar-refractivity contribution in [1.29, 1.82) is 0 Å². The summed E-state index contributed by atoms with van der Waals surface area (Å²) in [4.78, 5) is 11.9. The van der Waals surface area contributed by atoms with Gasteiger partial charge in [0.2, 0.25) is 0 Å². The molecule has 6 heteroatoms. The van der Waals surface area contributed by atoms with E-state index in [-0.39, 0.29) is 16.4 Å². The topological polar surface area (TPSA) is 55.1 Å². The van der Waals surface area contributed by atoms with E-state index < -0.39 is 23.1 Å². The summed E-state index contributed by atoms with van der Waals surface area (Å²) < 4.78 is 27.3. The van der Waals surface area contributed by atoms with Crippen LogP contribution in [0, 0.1) is 18.6 Å². The quantitative estimate of drug-likeness (QED) is 0.829. The van der Waals surface area contributed by atoms with Crippen LogP contribution in [0.15, 0.2) is 30.3 Å². The van der Waals surface area contributed by atoms with Gasteiger partial charge in [0.05, 0.1) is 16.4 Å². The van der Waals surface area contributed by atoms with Crippen molar-refractivity contribution in [1.82, 2.24) is 0 Å². The Morgan fingerprint density at radius 2 is 1.95 bits per heavy atom. The van der Waals surface area contributed by atoms with E-state index in [4.69, 9.17) is 17.3 Å². The second kappa shape index (κ2) is 5.46. The fourth-order valence-electron chi connectivity index (χ4n) is 1.68. The third-order valence-electron chi connectivity index (χ3n) is 2.72. The predicted octanol–water partition coefficient (Wildman–Crippen LogP) is 3.76. The average molecular weight is 297 g/mol. The second-order valence-electron chi connectivity index (χ2n) is 4.26. The van der Waals surface area contributed by atoms with E-state index in [1.165, 1.54) is 0 Å². The Bertz CT molecular complexity index is 689. The predicted molar refractivity (Wildman–Crippen MR) is 74.9 cm³/mol. The lowest BCUT2D eigenvalue weighted by molar-refractivity contribution is 0.101. The van der Waals surface area contributed by atoms with Crippen LogP contribution in [0.4, 0.5) is 20.2 Å². The molecule has 0 fully saturated rings. The molecule has 0 aliphatic heterocycles. The summed E-state index contributed by atoms with van der Waals surface area (Å²) in [6.07, 6.45) is 0. The van der Waals surface area contributed by atoms with Gasteiger partial charge in [-0.2, -0.15) is 0 Å². The van der Waals surface area contributed by atoms with Crippen LogP contribution in [0.5, 0.6) is 0 Å². The van der Waals surface area contributed by atoms with E-state index in [0.717, 1.165) is 17.7 Å². The van der Waals surface area contributed by atoms with Gasteiger partial charge in [-0.05, 0) is 36.8 Å². The van der Waals surface area contributed by atoms with Gasteiger partial charge < -0.3 is 11.1 Å². The number of nitrogens with one attached hydrogen (secondary N) is 1. The van der Waals surface area contributed by atoms with Gasteiger partial charge in [-0.25, -0.2) is 8.78 Å². The lowest BCUT2D eigenvalue weighted by atomic mass is 10.1. The highest BCUT2D eigenvalue weighted by molar-refractivity contribution is 6.34. The third kappa shape index (κ3) is 2.72. The van der Waals surface area contributed by atoms with Gasteiger partial charge >= 0.3 is 0 Å². The molecule has 1 amide bonds. The number of carbonyl (C=O) groups is 1. The van der Waals surface area contributed by atoms with Crippen molar-refractivity contribution in [3.8, 4) is 0 Å². The van der Waals surface area contributed by atoms with Crippen molar-refractivity contribution in [2.45, 2.75) is 6.92 Å². The molecule has 0 radical (unpaired) electrons. The van der Waals surface area contributed by atoms with Gasteiger partial charge in [0.25, 0.3) is 5.91 Å². The number of amides is 1. The summed E-state index contributed by atoms with van der Waals surface area (Å²) in [7, 11) is 0. The van der Waals surface area contributed by atoms with E-state index >= 15 is 0 Å². The number of anilines is 2. The highest BCUT2D eigenvalue weighted by Crippen LogP contribution is 2.25. The minimum Gasteiger partial charge on any atom is -0.396 e. The molecule has 0 saturated carbocycles. The number of benzene rings is 2. The maximum absolute atomic E-state index is 13.7. The molecule has 0 saturated heterocycles. The van der Waals surface area contributed by atoms with E-state index in [2.05, 4.69) is 5.32 Å². The zero-order chi connectivity index (χ0) is 14.9.